The minimum atomic E-state index is -4.35. The van der Waals surface area contributed by atoms with Crippen LogP contribution in [0.15, 0.2) is 48.7 Å². The molecule has 1 aromatic heterocycles. The van der Waals surface area contributed by atoms with Gasteiger partial charge in [-0.2, -0.15) is 13.2 Å². The van der Waals surface area contributed by atoms with Gasteiger partial charge in [0.1, 0.15) is 6.20 Å². The number of aromatic amines is 1. The van der Waals surface area contributed by atoms with Crippen molar-refractivity contribution in [1.82, 2.24) is 5.32 Å². The molecule has 1 aliphatic rings. The lowest BCUT2D eigenvalue weighted by Gasteiger charge is -2.28. The zero-order chi connectivity index (χ0) is 19.4. The Hall–Kier alpha value is -2.57. The molecule has 4 nitrogen and oxygen atoms in total. The van der Waals surface area contributed by atoms with E-state index in [2.05, 4.69) is 10.3 Å². The minimum absolute atomic E-state index is 0.0300. The number of carbonyl (C=O) groups is 1. The molecule has 0 spiro atoms. The number of amides is 1. The Balaban J connectivity index is 1.53. The number of halogens is 3. The van der Waals surface area contributed by atoms with Crippen molar-refractivity contribution in [2.45, 2.75) is 32.0 Å². The second kappa shape index (κ2) is 7.98. The normalized spacial score (nSPS) is 16.8. The number of carbonyl (C=O) groups excluding carboxylic acids is 1. The zero-order valence-corrected chi connectivity index (χ0v) is 15.1. The van der Waals surface area contributed by atoms with Crippen LogP contribution in [0.25, 0.3) is 0 Å². The number of rotatable bonds is 4. The number of piperidine rings is 1. The van der Waals surface area contributed by atoms with Crippen LogP contribution in [0.1, 0.15) is 36.9 Å². The Bertz CT molecular complexity index is 754. The first kappa shape index (κ1) is 19.2. The molecule has 3 rings (SSSR count). The van der Waals surface area contributed by atoms with Gasteiger partial charge in [0.25, 0.3) is 5.82 Å². The number of nitrogens with zero attached hydrogens (tertiary/aromatic N) is 1. The Morgan fingerprint density at radius 2 is 1.81 bits per heavy atom. The highest BCUT2D eigenvalue weighted by atomic mass is 19.4. The van der Waals surface area contributed by atoms with Crippen LogP contribution in [0.3, 0.4) is 0 Å². The molecule has 0 aliphatic carbocycles. The fourth-order valence-corrected chi connectivity index (χ4v) is 3.33. The lowest BCUT2D eigenvalue weighted by molar-refractivity contribution is -0.367. The largest absolute Gasteiger partial charge is 0.419 e. The second-order valence-electron chi connectivity index (χ2n) is 6.86. The predicted molar refractivity (Wildman–Crippen MR) is 95.9 cm³/mol. The van der Waals surface area contributed by atoms with Crippen LogP contribution in [-0.2, 0) is 11.0 Å². The Labute approximate surface area is 156 Å². The SMILES string of the molecule is C[C@H](NC(=O)C1CCN(c2ccc(C(F)(F)F)c[nH+]2)CC1)c1ccccc1. The number of pyridine rings is 1. The monoisotopic (exact) mass is 378 g/mol. The predicted octanol–water partition coefficient (Wildman–Crippen LogP) is 3.61. The highest BCUT2D eigenvalue weighted by molar-refractivity contribution is 5.79. The van der Waals surface area contributed by atoms with E-state index >= 15 is 0 Å². The summed E-state index contributed by atoms with van der Waals surface area (Å²) in [6.07, 6.45) is -2.03. The number of benzene rings is 1. The summed E-state index contributed by atoms with van der Waals surface area (Å²) in [6.45, 7) is 3.21. The number of alkyl halides is 3. The standard InChI is InChI=1S/C20H22F3N3O/c1-14(15-5-3-2-4-6-15)25-19(27)16-9-11-26(12-10-16)18-8-7-17(13-24-18)20(21,22)23/h2-8,13-14,16H,9-12H2,1H3,(H,25,27)/p+1/t14-/m0/s1. The molecule has 1 saturated heterocycles. The first-order valence-corrected chi connectivity index (χ1v) is 9.04. The van der Waals surface area contributed by atoms with Crippen LogP contribution in [0, 0.1) is 5.92 Å². The number of aromatic nitrogens is 1. The van der Waals surface area contributed by atoms with Crippen LogP contribution in [0.5, 0.6) is 0 Å². The Morgan fingerprint density at radius 3 is 2.37 bits per heavy atom. The van der Waals surface area contributed by atoms with Crippen molar-refractivity contribution in [2.24, 2.45) is 5.92 Å². The first-order chi connectivity index (χ1) is 12.8. The summed E-state index contributed by atoms with van der Waals surface area (Å²) in [5, 5.41) is 3.05. The average molecular weight is 378 g/mol. The van der Waals surface area contributed by atoms with E-state index in [-0.39, 0.29) is 17.9 Å². The maximum absolute atomic E-state index is 12.7. The molecule has 0 radical (unpaired) electrons. The van der Waals surface area contributed by atoms with Gasteiger partial charge in [-0.1, -0.05) is 30.3 Å². The molecule has 0 unspecified atom stereocenters. The number of hydrogen-bond donors (Lipinski definition) is 1. The summed E-state index contributed by atoms with van der Waals surface area (Å²) < 4.78 is 38.0. The third-order valence-corrected chi connectivity index (χ3v) is 4.99. The highest BCUT2D eigenvalue weighted by Gasteiger charge is 2.33. The highest BCUT2D eigenvalue weighted by Crippen LogP contribution is 2.29. The molecular weight excluding hydrogens is 355 g/mol. The molecule has 144 valence electrons. The third-order valence-electron chi connectivity index (χ3n) is 4.99. The topological polar surface area (TPSA) is 46.5 Å². The quantitative estimate of drug-likeness (QED) is 0.883. The molecule has 1 fully saturated rings. The van der Waals surface area contributed by atoms with Crippen LogP contribution in [0.4, 0.5) is 19.0 Å². The maximum atomic E-state index is 12.7. The molecule has 1 atom stereocenters. The van der Waals surface area contributed by atoms with Crippen molar-refractivity contribution in [3.63, 3.8) is 0 Å². The molecule has 1 aromatic carbocycles. The van der Waals surface area contributed by atoms with Crippen LogP contribution in [0.2, 0.25) is 0 Å². The van der Waals surface area contributed by atoms with E-state index in [0.717, 1.165) is 17.8 Å². The Kier molecular flexibility index (Phi) is 5.68. The summed E-state index contributed by atoms with van der Waals surface area (Å²) in [6, 6.07) is 12.2. The molecule has 7 heteroatoms. The molecule has 2 N–H and O–H groups in total. The second-order valence-corrected chi connectivity index (χ2v) is 6.86. The van der Waals surface area contributed by atoms with Crippen LogP contribution < -0.4 is 15.2 Å². The molecule has 1 amide bonds. The Morgan fingerprint density at radius 1 is 1.15 bits per heavy atom. The number of nitrogens with one attached hydrogen (secondary N) is 2. The van der Waals surface area contributed by atoms with Crippen molar-refractivity contribution in [2.75, 3.05) is 18.0 Å². The summed E-state index contributed by atoms with van der Waals surface area (Å²) >= 11 is 0. The third kappa shape index (κ3) is 4.78. The molecule has 1 aliphatic heterocycles. The van der Waals surface area contributed by atoms with Gasteiger partial charge in [-0.15, -0.1) is 0 Å². The average Bonchev–Trinajstić information content (AvgIpc) is 2.68. The summed E-state index contributed by atoms with van der Waals surface area (Å²) in [7, 11) is 0. The molecule has 0 bridgehead atoms. The van der Waals surface area contributed by atoms with Crippen LogP contribution in [-0.4, -0.2) is 19.0 Å². The number of anilines is 1. The molecule has 2 aromatic rings. The van der Waals surface area contributed by atoms with E-state index in [4.69, 9.17) is 0 Å². The van der Waals surface area contributed by atoms with Crippen molar-refractivity contribution in [3.05, 3.63) is 59.8 Å². The van der Waals surface area contributed by atoms with Gasteiger partial charge in [-0.3, -0.25) is 9.69 Å². The van der Waals surface area contributed by atoms with Gasteiger partial charge in [-0.05, 0) is 31.4 Å². The van der Waals surface area contributed by atoms with Gasteiger partial charge in [0.15, 0.2) is 0 Å². The number of H-pyrrole nitrogens is 1. The van der Waals surface area contributed by atoms with Gasteiger partial charge < -0.3 is 5.32 Å². The zero-order valence-electron chi connectivity index (χ0n) is 15.1. The van der Waals surface area contributed by atoms with Gasteiger partial charge in [0.05, 0.1) is 24.7 Å². The van der Waals surface area contributed by atoms with E-state index in [9.17, 15) is 18.0 Å². The van der Waals surface area contributed by atoms with E-state index in [1.54, 1.807) is 0 Å². The van der Waals surface area contributed by atoms with Crippen molar-refractivity contribution in [1.29, 1.82) is 0 Å². The van der Waals surface area contributed by atoms with Gasteiger partial charge in [-0.25, -0.2) is 4.98 Å². The van der Waals surface area contributed by atoms with Crippen molar-refractivity contribution < 1.29 is 22.9 Å². The smallest absolute Gasteiger partial charge is 0.349 e. The van der Waals surface area contributed by atoms with E-state index in [0.29, 0.717) is 31.7 Å². The number of hydrogen-bond acceptors (Lipinski definition) is 2. The van der Waals surface area contributed by atoms with E-state index in [1.807, 2.05) is 42.2 Å². The van der Waals surface area contributed by atoms with Gasteiger partial charge in [0, 0.05) is 12.0 Å². The molecule has 2 heterocycles. The first-order valence-electron chi connectivity index (χ1n) is 9.04. The summed E-state index contributed by atoms with van der Waals surface area (Å²) in [4.78, 5) is 17.2. The van der Waals surface area contributed by atoms with Crippen LogP contribution >= 0.6 is 0 Å². The van der Waals surface area contributed by atoms with Gasteiger partial charge >= 0.3 is 6.18 Å². The van der Waals surface area contributed by atoms with Crippen molar-refractivity contribution in [3.8, 4) is 0 Å². The fraction of sp³-hybridized carbons (Fsp3) is 0.400. The minimum Gasteiger partial charge on any atom is -0.349 e. The maximum Gasteiger partial charge on any atom is 0.419 e. The molecular formula is C20H23F3N3O+. The van der Waals surface area contributed by atoms with Gasteiger partial charge in [0.2, 0.25) is 5.91 Å². The molecule has 27 heavy (non-hydrogen) atoms. The van der Waals surface area contributed by atoms with Crippen molar-refractivity contribution >= 4 is 11.7 Å². The molecule has 0 saturated carbocycles. The van der Waals surface area contributed by atoms with E-state index in [1.165, 1.54) is 6.07 Å². The van der Waals surface area contributed by atoms with E-state index < -0.39 is 11.7 Å². The summed E-state index contributed by atoms with van der Waals surface area (Å²) in [5.41, 5.74) is 0.359. The lowest BCUT2D eigenvalue weighted by Crippen LogP contribution is -2.42. The fourth-order valence-electron chi connectivity index (χ4n) is 3.33. The summed E-state index contributed by atoms with van der Waals surface area (Å²) in [5.74, 6) is 0.587. The lowest BCUT2D eigenvalue weighted by atomic mass is 9.95.